The van der Waals surface area contributed by atoms with Gasteiger partial charge >= 0.3 is 0 Å². The summed E-state index contributed by atoms with van der Waals surface area (Å²) in [5.74, 6) is 0.117. The second-order valence-electron chi connectivity index (χ2n) is 8.23. The third-order valence-electron chi connectivity index (χ3n) is 5.56. The number of amides is 2. The van der Waals surface area contributed by atoms with Gasteiger partial charge in [0.2, 0.25) is 17.0 Å². The molecule has 10 nitrogen and oxygen atoms in total. The van der Waals surface area contributed by atoms with Crippen LogP contribution in [0.1, 0.15) is 0 Å². The first-order valence-electron chi connectivity index (χ1n) is 11.4. The highest BCUT2D eigenvalue weighted by Crippen LogP contribution is 2.32. The van der Waals surface area contributed by atoms with Crippen LogP contribution in [0.3, 0.4) is 0 Å². The minimum Gasteiger partial charge on any atom is -0.456 e. The number of aromatic nitrogens is 5. The summed E-state index contributed by atoms with van der Waals surface area (Å²) in [7, 11) is 1.72. The molecule has 6 rings (SSSR count). The molecule has 3 aromatic heterocycles. The summed E-state index contributed by atoms with van der Waals surface area (Å²) in [5.41, 5.74) is 3.72. The largest absolute Gasteiger partial charge is 0.456 e. The average Bonchev–Trinajstić information content (AvgIpc) is 3.61. The molecule has 0 aliphatic rings. The quantitative estimate of drug-likeness (QED) is 0.242. The summed E-state index contributed by atoms with van der Waals surface area (Å²) >= 11 is 4.10. The van der Waals surface area contributed by atoms with E-state index in [1.807, 2.05) is 60.7 Å². The molecule has 0 bridgehead atoms. The van der Waals surface area contributed by atoms with Crippen LogP contribution in [-0.4, -0.2) is 48.5 Å². The molecule has 0 atom stereocenters. The number of aryl methyl sites for hydroxylation is 1. The van der Waals surface area contributed by atoms with Crippen molar-refractivity contribution in [3.63, 3.8) is 0 Å². The van der Waals surface area contributed by atoms with Crippen LogP contribution >= 0.6 is 34.9 Å². The van der Waals surface area contributed by atoms with Crippen molar-refractivity contribution in [2.75, 3.05) is 22.1 Å². The number of rotatable bonds is 8. The molecule has 0 fully saturated rings. The number of carbonyl (C=O) groups is 2. The Labute approximate surface area is 228 Å². The van der Waals surface area contributed by atoms with Crippen LogP contribution in [0.25, 0.3) is 32.2 Å². The number of thiazole rings is 1. The molecule has 6 aromatic rings. The standard InChI is InChI=1S/C25H19N7O3S3/c1-32-24(29-30-31-32)36-12-22(33)27-15-7-9-18-21(11-15)38-25(28-18)37-13-23(34)26-14-6-8-17-16-4-2-3-5-19(16)35-20(17)10-14/h2-11H,12-13H2,1H3,(H,26,34)(H,27,33). The Morgan fingerprint density at radius 2 is 1.66 bits per heavy atom. The number of anilines is 2. The number of para-hydroxylation sites is 1. The Morgan fingerprint density at radius 1 is 0.921 bits per heavy atom. The second kappa shape index (κ2) is 10.4. The van der Waals surface area contributed by atoms with Crippen molar-refractivity contribution in [1.82, 2.24) is 25.2 Å². The normalized spacial score (nSPS) is 11.4. The first kappa shape index (κ1) is 24.4. The molecule has 0 saturated carbocycles. The Hall–Kier alpha value is -3.94. The molecule has 3 heterocycles. The molecule has 0 aliphatic carbocycles. The summed E-state index contributed by atoms with van der Waals surface area (Å²) in [4.78, 5) is 29.5. The van der Waals surface area contributed by atoms with Gasteiger partial charge < -0.3 is 15.1 Å². The van der Waals surface area contributed by atoms with Gasteiger partial charge in [0.1, 0.15) is 11.2 Å². The minimum atomic E-state index is -0.158. The third kappa shape index (κ3) is 5.21. The fourth-order valence-corrected chi connectivity index (χ4v) is 6.40. The van der Waals surface area contributed by atoms with Gasteiger partial charge in [-0.1, -0.05) is 41.7 Å². The van der Waals surface area contributed by atoms with Crippen LogP contribution in [0.4, 0.5) is 11.4 Å². The number of tetrazole rings is 1. The predicted molar refractivity (Wildman–Crippen MR) is 151 cm³/mol. The number of hydrogen-bond acceptors (Lipinski definition) is 10. The Bertz CT molecular complexity index is 1810. The number of benzene rings is 3. The molecule has 0 spiro atoms. The number of nitrogens with zero attached hydrogens (tertiary/aromatic N) is 5. The summed E-state index contributed by atoms with van der Waals surface area (Å²) in [6.07, 6.45) is 0. The Morgan fingerprint density at radius 3 is 2.47 bits per heavy atom. The van der Waals surface area contributed by atoms with Gasteiger partial charge in [-0.2, -0.15) is 0 Å². The van der Waals surface area contributed by atoms with Gasteiger partial charge in [-0.15, -0.1) is 16.4 Å². The Balaban J connectivity index is 1.05. The fourth-order valence-electron chi connectivity index (χ4n) is 3.84. The van der Waals surface area contributed by atoms with Gasteiger partial charge in [0.05, 0.1) is 21.7 Å². The first-order valence-corrected chi connectivity index (χ1v) is 14.2. The van der Waals surface area contributed by atoms with E-state index in [-0.39, 0.29) is 23.3 Å². The van der Waals surface area contributed by atoms with Crippen molar-refractivity contribution in [1.29, 1.82) is 0 Å². The van der Waals surface area contributed by atoms with Crippen LogP contribution in [0, 0.1) is 0 Å². The second-order valence-corrected chi connectivity index (χ2v) is 11.4. The number of fused-ring (bicyclic) bond motifs is 4. The highest BCUT2D eigenvalue weighted by Gasteiger charge is 2.12. The summed E-state index contributed by atoms with van der Waals surface area (Å²) < 4.78 is 9.12. The van der Waals surface area contributed by atoms with E-state index in [2.05, 4.69) is 31.1 Å². The first-order chi connectivity index (χ1) is 18.5. The molecule has 38 heavy (non-hydrogen) atoms. The highest BCUT2D eigenvalue weighted by atomic mass is 32.2. The number of furan rings is 1. The molecule has 2 N–H and O–H groups in total. The third-order valence-corrected chi connectivity index (χ3v) is 8.73. The van der Waals surface area contributed by atoms with Crippen LogP contribution < -0.4 is 10.6 Å². The predicted octanol–water partition coefficient (Wildman–Crippen LogP) is 5.18. The van der Waals surface area contributed by atoms with E-state index < -0.39 is 0 Å². The van der Waals surface area contributed by atoms with Crippen molar-refractivity contribution >= 4 is 90.2 Å². The summed E-state index contributed by atoms with van der Waals surface area (Å²) in [6, 6.07) is 19.1. The molecular weight excluding hydrogens is 543 g/mol. The zero-order valence-electron chi connectivity index (χ0n) is 19.9. The van der Waals surface area contributed by atoms with Crippen molar-refractivity contribution in [2.24, 2.45) is 7.05 Å². The van der Waals surface area contributed by atoms with Crippen molar-refractivity contribution < 1.29 is 14.0 Å². The topological polar surface area (TPSA) is 128 Å². The molecule has 0 aliphatic heterocycles. The molecular formula is C25H19N7O3S3. The van der Waals surface area contributed by atoms with Crippen LogP contribution in [0.2, 0.25) is 0 Å². The van der Waals surface area contributed by atoms with Crippen molar-refractivity contribution in [2.45, 2.75) is 9.50 Å². The van der Waals surface area contributed by atoms with E-state index in [4.69, 9.17) is 4.42 Å². The number of nitrogens with one attached hydrogen (secondary N) is 2. The van der Waals surface area contributed by atoms with E-state index in [0.717, 1.165) is 36.5 Å². The molecule has 190 valence electrons. The highest BCUT2D eigenvalue weighted by molar-refractivity contribution is 8.01. The zero-order chi connectivity index (χ0) is 26.1. The van der Waals surface area contributed by atoms with Crippen LogP contribution in [-0.2, 0) is 16.6 Å². The van der Waals surface area contributed by atoms with Gasteiger partial charge in [0.15, 0.2) is 4.34 Å². The molecule has 0 saturated heterocycles. The Kier molecular flexibility index (Phi) is 6.70. The van der Waals surface area contributed by atoms with Gasteiger partial charge in [-0.3, -0.25) is 9.59 Å². The maximum Gasteiger partial charge on any atom is 0.234 e. The van der Waals surface area contributed by atoms with Gasteiger partial charge in [0, 0.05) is 35.3 Å². The van der Waals surface area contributed by atoms with E-state index in [1.54, 1.807) is 7.05 Å². The SMILES string of the molecule is Cn1nnnc1SCC(=O)Nc1ccc2nc(SCC(=O)Nc3ccc4c(c3)oc3ccccc34)sc2c1. The van der Waals surface area contributed by atoms with Gasteiger partial charge in [-0.05, 0) is 46.8 Å². The average molecular weight is 562 g/mol. The minimum absolute atomic E-state index is 0.131. The van der Waals surface area contributed by atoms with Crippen LogP contribution in [0.5, 0.6) is 0 Å². The van der Waals surface area contributed by atoms with Gasteiger partial charge in [0.25, 0.3) is 0 Å². The monoisotopic (exact) mass is 561 g/mol. The lowest BCUT2D eigenvalue weighted by Gasteiger charge is -2.04. The molecule has 3 aromatic carbocycles. The van der Waals surface area contributed by atoms with Crippen LogP contribution in [0.15, 0.2) is 74.6 Å². The number of hydrogen-bond donors (Lipinski definition) is 2. The van der Waals surface area contributed by atoms with E-state index in [0.29, 0.717) is 16.5 Å². The number of thioether (sulfide) groups is 2. The van der Waals surface area contributed by atoms with Crippen molar-refractivity contribution in [3.05, 3.63) is 60.7 Å². The van der Waals surface area contributed by atoms with E-state index in [1.165, 1.54) is 39.5 Å². The molecule has 2 amide bonds. The molecule has 0 unspecified atom stereocenters. The van der Waals surface area contributed by atoms with Gasteiger partial charge in [-0.25, -0.2) is 9.67 Å². The summed E-state index contributed by atoms with van der Waals surface area (Å²) in [6.45, 7) is 0. The smallest absolute Gasteiger partial charge is 0.234 e. The molecule has 13 heteroatoms. The lowest BCUT2D eigenvalue weighted by atomic mass is 10.1. The van der Waals surface area contributed by atoms with E-state index in [9.17, 15) is 9.59 Å². The number of carbonyl (C=O) groups excluding carboxylic acids is 2. The maximum atomic E-state index is 12.6. The maximum absolute atomic E-state index is 12.6. The lowest BCUT2D eigenvalue weighted by Crippen LogP contribution is -2.14. The molecule has 0 radical (unpaired) electrons. The summed E-state index contributed by atoms with van der Waals surface area (Å²) in [5, 5.41) is 19.6. The fraction of sp³-hybridized carbons (Fsp3) is 0.120. The van der Waals surface area contributed by atoms with Crippen molar-refractivity contribution in [3.8, 4) is 0 Å². The van der Waals surface area contributed by atoms with E-state index >= 15 is 0 Å². The lowest BCUT2D eigenvalue weighted by molar-refractivity contribution is -0.114. The zero-order valence-corrected chi connectivity index (χ0v) is 22.3.